The second-order valence-electron chi connectivity index (χ2n) is 5.83. The van der Waals surface area contributed by atoms with E-state index in [4.69, 9.17) is 0 Å². The number of imidazole rings is 1. The number of nitrogens with zero attached hydrogens (tertiary/aromatic N) is 5. The van der Waals surface area contributed by atoms with E-state index in [1.54, 1.807) is 22.6 Å². The molecule has 0 unspecified atom stereocenters. The zero-order valence-corrected chi connectivity index (χ0v) is 14.0. The van der Waals surface area contributed by atoms with Crippen LogP contribution in [0.4, 0.5) is 13.2 Å². The van der Waals surface area contributed by atoms with Crippen molar-refractivity contribution < 1.29 is 18.0 Å². The van der Waals surface area contributed by atoms with Gasteiger partial charge in [-0.3, -0.25) is 9.48 Å². The molecule has 26 heavy (non-hydrogen) atoms. The molecule has 1 amide bonds. The monoisotopic (exact) mass is 366 g/mol. The minimum Gasteiger partial charge on any atom is -0.349 e. The highest BCUT2D eigenvalue weighted by atomic mass is 19.4. The molecule has 1 aromatic carbocycles. The number of amides is 1. The molecule has 3 aromatic rings. The van der Waals surface area contributed by atoms with E-state index in [2.05, 4.69) is 20.4 Å². The van der Waals surface area contributed by atoms with Crippen molar-refractivity contribution in [3.8, 4) is 0 Å². The average Bonchev–Trinajstić information content (AvgIpc) is 3.20. The van der Waals surface area contributed by atoms with Crippen LogP contribution in [0.3, 0.4) is 0 Å². The van der Waals surface area contributed by atoms with Crippen LogP contribution >= 0.6 is 0 Å². The molecule has 0 saturated heterocycles. The molecule has 0 aliphatic heterocycles. The van der Waals surface area contributed by atoms with Crippen molar-refractivity contribution in [2.24, 2.45) is 7.05 Å². The maximum Gasteiger partial charge on any atom is 0.416 e. The zero-order valence-electron chi connectivity index (χ0n) is 14.0. The average molecular weight is 366 g/mol. The second-order valence-corrected chi connectivity index (χ2v) is 5.83. The van der Waals surface area contributed by atoms with Gasteiger partial charge in [0.15, 0.2) is 0 Å². The normalized spacial score (nSPS) is 11.8. The number of alkyl halides is 3. The number of carbonyl (C=O) groups is 1. The molecule has 2 aromatic heterocycles. The van der Waals surface area contributed by atoms with Crippen LogP contribution in [0.25, 0.3) is 11.0 Å². The van der Waals surface area contributed by atoms with E-state index in [1.807, 2.05) is 0 Å². The number of carbonyl (C=O) groups excluding carboxylic acids is 1. The van der Waals surface area contributed by atoms with E-state index in [9.17, 15) is 18.0 Å². The molecule has 0 aliphatic rings. The standard InChI is InChI=1S/C16H17F3N6O/c1-24-13-5-4-11(16(17,18)19)7-12(13)23-14(24)8-21-15(26)3-2-6-25-10-20-9-22-25/h4-5,7,9-10H,2-3,6,8H2,1H3,(H,21,26). The van der Waals surface area contributed by atoms with E-state index in [1.165, 1.54) is 12.4 Å². The van der Waals surface area contributed by atoms with Gasteiger partial charge in [0.05, 0.1) is 23.1 Å². The second kappa shape index (κ2) is 7.14. The van der Waals surface area contributed by atoms with E-state index in [0.717, 1.165) is 12.1 Å². The van der Waals surface area contributed by atoms with Gasteiger partial charge in [0.1, 0.15) is 18.5 Å². The van der Waals surface area contributed by atoms with Gasteiger partial charge in [0.2, 0.25) is 5.91 Å². The number of aromatic nitrogens is 5. The predicted molar refractivity (Wildman–Crippen MR) is 86.8 cm³/mol. The summed E-state index contributed by atoms with van der Waals surface area (Å²) in [7, 11) is 1.70. The van der Waals surface area contributed by atoms with Gasteiger partial charge >= 0.3 is 6.18 Å². The van der Waals surface area contributed by atoms with Gasteiger partial charge in [-0.05, 0) is 24.6 Å². The Morgan fingerprint density at radius 2 is 2.12 bits per heavy atom. The van der Waals surface area contributed by atoms with Crippen molar-refractivity contribution in [3.63, 3.8) is 0 Å². The van der Waals surface area contributed by atoms with E-state index in [-0.39, 0.29) is 18.0 Å². The number of nitrogens with one attached hydrogen (secondary N) is 1. The summed E-state index contributed by atoms with van der Waals surface area (Å²) in [5, 5.41) is 6.68. The molecule has 1 N–H and O–H groups in total. The summed E-state index contributed by atoms with van der Waals surface area (Å²) in [6.45, 7) is 0.731. The summed E-state index contributed by atoms with van der Waals surface area (Å²) in [4.78, 5) is 19.9. The number of fused-ring (bicyclic) bond motifs is 1. The number of halogens is 3. The van der Waals surface area contributed by atoms with Crippen LogP contribution in [0.1, 0.15) is 24.2 Å². The van der Waals surface area contributed by atoms with Gasteiger partial charge in [-0.15, -0.1) is 0 Å². The first kappa shape index (κ1) is 17.9. The van der Waals surface area contributed by atoms with E-state index >= 15 is 0 Å². The van der Waals surface area contributed by atoms with Gasteiger partial charge in [0.25, 0.3) is 0 Å². The van der Waals surface area contributed by atoms with Crippen LogP contribution in [-0.2, 0) is 31.1 Å². The third-order valence-corrected chi connectivity index (χ3v) is 4.00. The highest BCUT2D eigenvalue weighted by Gasteiger charge is 2.31. The molecule has 0 atom stereocenters. The maximum absolute atomic E-state index is 12.8. The van der Waals surface area contributed by atoms with Crippen molar-refractivity contribution in [1.29, 1.82) is 0 Å². The molecule has 0 radical (unpaired) electrons. The van der Waals surface area contributed by atoms with Crippen molar-refractivity contribution in [3.05, 3.63) is 42.2 Å². The first-order valence-corrected chi connectivity index (χ1v) is 7.96. The lowest BCUT2D eigenvalue weighted by Crippen LogP contribution is -2.24. The van der Waals surface area contributed by atoms with Crippen LogP contribution in [0.15, 0.2) is 30.9 Å². The molecule has 7 nitrogen and oxygen atoms in total. The lowest BCUT2D eigenvalue weighted by Gasteiger charge is -2.06. The summed E-state index contributed by atoms with van der Waals surface area (Å²) < 4.78 is 41.7. The van der Waals surface area contributed by atoms with Crippen molar-refractivity contribution in [2.45, 2.75) is 32.1 Å². The summed E-state index contributed by atoms with van der Waals surface area (Å²) >= 11 is 0. The summed E-state index contributed by atoms with van der Waals surface area (Å²) in [6, 6.07) is 3.42. The number of hydrogen-bond donors (Lipinski definition) is 1. The Morgan fingerprint density at radius 3 is 2.81 bits per heavy atom. The molecule has 2 heterocycles. The molecular weight excluding hydrogens is 349 g/mol. The minimum atomic E-state index is -4.41. The van der Waals surface area contributed by atoms with Crippen LogP contribution in [-0.4, -0.2) is 30.2 Å². The smallest absolute Gasteiger partial charge is 0.349 e. The fourth-order valence-electron chi connectivity index (χ4n) is 2.60. The SMILES string of the molecule is Cn1c(CNC(=O)CCCn2cncn2)nc2cc(C(F)(F)F)ccc21. The third kappa shape index (κ3) is 4.01. The summed E-state index contributed by atoms with van der Waals surface area (Å²) in [5.74, 6) is 0.331. The Hall–Kier alpha value is -2.91. The quantitative estimate of drug-likeness (QED) is 0.726. The fourth-order valence-corrected chi connectivity index (χ4v) is 2.60. The fraction of sp³-hybridized carbons (Fsp3) is 0.375. The van der Waals surface area contributed by atoms with Gasteiger partial charge < -0.3 is 9.88 Å². The molecule has 0 bridgehead atoms. The maximum atomic E-state index is 12.8. The van der Waals surface area contributed by atoms with E-state index < -0.39 is 11.7 Å². The Morgan fingerprint density at radius 1 is 1.31 bits per heavy atom. The number of hydrogen-bond acceptors (Lipinski definition) is 4. The highest BCUT2D eigenvalue weighted by Crippen LogP contribution is 2.31. The lowest BCUT2D eigenvalue weighted by molar-refractivity contribution is -0.137. The van der Waals surface area contributed by atoms with Crippen LogP contribution in [0, 0.1) is 0 Å². The van der Waals surface area contributed by atoms with Crippen molar-refractivity contribution in [1.82, 2.24) is 29.6 Å². The number of benzene rings is 1. The van der Waals surface area contributed by atoms with Gasteiger partial charge in [-0.25, -0.2) is 9.97 Å². The molecule has 0 spiro atoms. The molecule has 3 rings (SSSR count). The lowest BCUT2D eigenvalue weighted by atomic mass is 10.2. The number of rotatable bonds is 6. The van der Waals surface area contributed by atoms with Crippen LogP contribution < -0.4 is 5.32 Å². The third-order valence-electron chi connectivity index (χ3n) is 4.00. The Balaban J connectivity index is 1.59. The van der Waals surface area contributed by atoms with Crippen LogP contribution in [0.2, 0.25) is 0 Å². The first-order valence-electron chi connectivity index (χ1n) is 7.96. The van der Waals surface area contributed by atoms with E-state index in [0.29, 0.717) is 30.7 Å². The van der Waals surface area contributed by atoms with Crippen molar-refractivity contribution in [2.75, 3.05) is 0 Å². The molecule has 138 valence electrons. The largest absolute Gasteiger partial charge is 0.416 e. The Kier molecular flexibility index (Phi) is 4.92. The van der Waals surface area contributed by atoms with Gasteiger partial charge in [-0.1, -0.05) is 0 Å². The first-order chi connectivity index (χ1) is 12.3. The minimum absolute atomic E-state index is 0.148. The zero-order chi connectivity index (χ0) is 18.7. The highest BCUT2D eigenvalue weighted by molar-refractivity contribution is 5.78. The summed E-state index contributed by atoms with van der Waals surface area (Å²) in [6.07, 6.45) is -0.499. The Bertz CT molecular complexity index is 901. The molecular formula is C16H17F3N6O. The predicted octanol–water partition coefficient (Wildman–Crippen LogP) is 2.28. The Labute approximate surface area is 146 Å². The topological polar surface area (TPSA) is 77.6 Å². The van der Waals surface area contributed by atoms with Crippen LogP contribution in [0.5, 0.6) is 0 Å². The molecule has 0 saturated carbocycles. The molecule has 0 fully saturated rings. The molecule has 0 aliphatic carbocycles. The summed E-state index contributed by atoms with van der Waals surface area (Å²) in [5.41, 5.74) is 0.0815. The van der Waals surface area contributed by atoms with Gasteiger partial charge in [0, 0.05) is 20.0 Å². The molecule has 10 heteroatoms. The van der Waals surface area contributed by atoms with Crippen molar-refractivity contribution >= 4 is 16.9 Å². The van der Waals surface area contributed by atoms with Gasteiger partial charge in [-0.2, -0.15) is 18.3 Å². The number of aryl methyl sites for hydroxylation is 2.